The number of aromatic nitrogens is 1. The van der Waals surface area contributed by atoms with Gasteiger partial charge in [-0.25, -0.2) is 4.98 Å². The Labute approximate surface area is 128 Å². The largest absolute Gasteiger partial charge is 0.487 e. The van der Waals surface area contributed by atoms with Gasteiger partial charge in [0.25, 0.3) is 0 Å². The molecular formula is C17H29N3O. The maximum absolute atomic E-state index is 6.05. The summed E-state index contributed by atoms with van der Waals surface area (Å²) in [6, 6.07) is 4.89. The quantitative estimate of drug-likeness (QED) is 0.873. The average molecular weight is 291 g/mol. The monoisotopic (exact) mass is 291 g/mol. The van der Waals surface area contributed by atoms with Gasteiger partial charge in [0, 0.05) is 24.8 Å². The molecule has 2 N–H and O–H groups in total. The molecule has 1 aromatic rings. The summed E-state index contributed by atoms with van der Waals surface area (Å²) in [5.41, 5.74) is 6.05. The zero-order valence-corrected chi connectivity index (χ0v) is 13.6. The van der Waals surface area contributed by atoms with Gasteiger partial charge in [0.05, 0.1) is 6.10 Å². The van der Waals surface area contributed by atoms with Gasteiger partial charge < -0.3 is 15.4 Å². The molecule has 0 radical (unpaired) electrons. The van der Waals surface area contributed by atoms with Crippen LogP contribution in [-0.4, -0.2) is 29.7 Å². The van der Waals surface area contributed by atoms with Crippen molar-refractivity contribution in [2.45, 2.75) is 71.1 Å². The van der Waals surface area contributed by atoms with Crippen LogP contribution in [0.2, 0.25) is 0 Å². The summed E-state index contributed by atoms with van der Waals surface area (Å²) in [5, 5.41) is 0. The number of ether oxygens (including phenoxy) is 1. The van der Waals surface area contributed by atoms with Crippen LogP contribution in [-0.2, 0) is 0 Å². The van der Waals surface area contributed by atoms with Crippen molar-refractivity contribution < 1.29 is 4.74 Å². The van der Waals surface area contributed by atoms with Gasteiger partial charge in [0.2, 0.25) is 0 Å². The fourth-order valence-corrected chi connectivity index (χ4v) is 3.06. The fourth-order valence-electron chi connectivity index (χ4n) is 3.06. The Morgan fingerprint density at radius 2 is 2.05 bits per heavy atom. The maximum atomic E-state index is 6.05. The van der Waals surface area contributed by atoms with Crippen LogP contribution < -0.4 is 15.4 Å². The van der Waals surface area contributed by atoms with Crippen LogP contribution >= 0.6 is 0 Å². The van der Waals surface area contributed by atoms with Crippen LogP contribution in [0.1, 0.15) is 52.9 Å². The number of rotatable bonds is 6. The third-order valence-corrected chi connectivity index (χ3v) is 4.03. The SMILES string of the molecule is CCCN(c1ncccc1OC(C)C)C1CCC(N)CC1. The Hall–Kier alpha value is -1.29. The van der Waals surface area contributed by atoms with Crippen molar-refractivity contribution in [3.8, 4) is 5.75 Å². The van der Waals surface area contributed by atoms with Crippen LogP contribution in [0.4, 0.5) is 5.82 Å². The van der Waals surface area contributed by atoms with Gasteiger partial charge in [-0.05, 0) is 58.1 Å². The predicted octanol–water partition coefficient (Wildman–Crippen LogP) is 3.36. The van der Waals surface area contributed by atoms with Crippen LogP contribution in [0, 0.1) is 0 Å². The summed E-state index contributed by atoms with van der Waals surface area (Å²) in [4.78, 5) is 7.05. The number of pyridine rings is 1. The highest BCUT2D eigenvalue weighted by atomic mass is 16.5. The summed E-state index contributed by atoms with van der Waals surface area (Å²) in [6.45, 7) is 7.35. The normalized spacial score (nSPS) is 22.3. The molecule has 0 spiro atoms. The van der Waals surface area contributed by atoms with E-state index in [9.17, 15) is 0 Å². The molecule has 2 rings (SSSR count). The summed E-state index contributed by atoms with van der Waals surface area (Å²) in [6.07, 6.45) is 7.66. The third kappa shape index (κ3) is 4.34. The molecule has 0 unspecified atom stereocenters. The van der Waals surface area contributed by atoms with E-state index < -0.39 is 0 Å². The molecule has 0 aromatic carbocycles. The summed E-state index contributed by atoms with van der Waals surface area (Å²) in [7, 11) is 0. The molecule has 0 aliphatic heterocycles. The third-order valence-electron chi connectivity index (χ3n) is 4.03. The van der Waals surface area contributed by atoms with Crippen molar-refractivity contribution in [3.05, 3.63) is 18.3 Å². The van der Waals surface area contributed by atoms with E-state index in [0.29, 0.717) is 12.1 Å². The topological polar surface area (TPSA) is 51.4 Å². The molecular weight excluding hydrogens is 262 g/mol. The van der Waals surface area contributed by atoms with E-state index in [1.54, 1.807) is 0 Å². The van der Waals surface area contributed by atoms with E-state index in [-0.39, 0.29) is 6.10 Å². The van der Waals surface area contributed by atoms with Gasteiger partial charge in [-0.3, -0.25) is 0 Å². The van der Waals surface area contributed by atoms with Crippen molar-refractivity contribution >= 4 is 5.82 Å². The molecule has 1 heterocycles. The molecule has 4 nitrogen and oxygen atoms in total. The summed E-state index contributed by atoms with van der Waals surface area (Å²) < 4.78 is 5.96. The molecule has 1 aromatic heterocycles. The second-order valence-corrected chi connectivity index (χ2v) is 6.25. The Morgan fingerprint density at radius 3 is 2.67 bits per heavy atom. The van der Waals surface area contributed by atoms with E-state index in [4.69, 9.17) is 10.5 Å². The van der Waals surface area contributed by atoms with E-state index in [1.807, 2.05) is 18.3 Å². The first kappa shape index (κ1) is 16.1. The molecule has 21 heavy (non-hydrogen) atoms. The van der Waals surface area contributed by atoms with Gasteiger partial charge in [0.1, 0.15) is 0 Å². The molecule has 1 fully saturated rings. The lowest BCUT2D eigenvalue weighted by atomic mass is 9.90. The van der Waals surface area contributed by atoms with Crippen molar-refractivity contribution in [1.29, 1.82) is 0 Å². The number of hydrogen-bond donors (Lipinski definition) is 1. The summed E-state index contributed by atoms with van der Waals surface area (Å²) in [5.74, 6) is 1.89. The van der Waals surface area contributed by atoms with Crippen LogP contribution in [0.5, 0.6) is 5.75 Å². The van der Waals surface area contributed by atoms with Crippen molar-refractivity contribution in [2.75, 3.05) is 11.4 Å². The Bertz CT molecular complexity index is 428. The highest BCUT2D eigenvalue weighted by Crippen LogP contribution is 2.32. The minimum atomic E-state index is 0.163. The Kier molecular flexibility index (Phi) is 5.85. The standard InChI is InChI=1S/C17H29N3O/c1-4-12-20(15-9-7-14(18)8-10-15)17-16(21-13(2)3)6-5-11-19-17/h5-6,11,13-15H,4,7-10,12,18H2,1-3H3. The molecule has 0 amide bonds. The van der Waals surface area contributed by atoms with Gasteiger partial charge in [0.15, 0.2) is 11.6 Å². The molecule has 118 valence electrons. The average Bonchev–Trinajstić information content (AvgIpc) is 2.46. The minimum absolute atomic E-state index is 0.163. The maximum Gasteiger partial charge on any atom is 0.171 e. The molecule has 1 saturated carbocycles. The van der Waals surface area contributed by atoms with Crippen molar-refractivity contribution in [3.63, 3.8) is 0 Å². The number of nitrogens with two attached hydrogens (primary N) is 1. The molecule has 1 aliphatic rings. The van der Waals surface area contributed by atoms with Crippen LogP contribution in [0.3, 0.4) is 0 Å². The Morgan fingerprint density at radius 1 is 1.33 bits per heavy atom. The molecule has 0 saturated heterocycles. The lowest BCUT2D eigenvalue weighted by Gasteiger charge is -2.37. The highest BCUT2D eigenvalue weighted by molar-refractivity contribution is 5.53. The second-order valence-electron chi connectivity index (χ2n) is 6.25. The Balaban J connectivity index is 2.21. The smallest absolute Gasteiger partial charge is 0.171 e. The highest BCUT2D eigenvalue weighted by Gasteiger charge is 2.26. The van der Waals surface area contributed by atoms with Gasteiger partial charge >= 0.3 is 0 Å². The first-order chi connectivity index (χ1) is 10.1. The summed E-state index contributed by atoms with van der Waals surface area (Å²) >= 11 is 0. The predicted molar refractivity (Wildman–Crippen MR) is 87.9 cm³/mol. The zero-order valence-electron chi connectivity index (χ0n) is 13.6. The minimum Gasteiger partial charge on any atom is -0.487 e. The van der Waals surface area contributed by atoms with Crippen LogP contribution in [0.15, 0.2) is 18.3 Å². The van der Waals surface area contributed by atoms with Gasteiger partial charge in [-0.1, -0.05) is 6.92 Å². The fraction of sp³-hybridized carbons (Fsp3) is 0.706. The number of anilines is 1. The van der Waals surface area contributed by atoms with Crippen molar-refractivity contribution in [1.82, 2.24) is 4.98 Å². The first-order valence-electron chi connectivity index (χ1n) is 8.25. The van der Waals surface area contributed by atoms with E-state index in [1.165, 1.54) is 0 Å². The van der Waals surface area contributed by atoms with Crippen molar-refractivity contribution in [2.24, 2.45) is 5.73 Å². The zero-order chi connectivity index (χ0) is 15.2. The molecule has 0 bridgehead atoms. The lowest BCUT2D eigenvalue weighted by molar-refractivity contribution is 0.241. The molecule has 4 heteroatoms. The van der Waals surface area contributed by atoms with E-state index >= 15 is 0 Å². The molecule has 1 aliphatic carbocycles. The lowest BCUT2D eigenvalue weighted by Crippen LogP contribution is -2.42. The van der Waals surface area contributed by atoms with Gasteiger partial charge in [-0.15, -0.1) is 0 Å². The number of nitrogens with zero attached hydrogens (tertiary/aromatic N) is 2. The second kappa shape index (κ2) is 7.64. The first-order valence-corrected chi connectivity index (χ1v) is 8.25. The van der Waals surface area contributed by atoms with E-state index in [0.717, 1.165) is 50.2 Å². The van der Waals surface area contributed by atoms with Gasteiger partial charge in [-0.2, -0.15) is 0 Å². The van der Waals surface area contributed by atoms with E-state index in [2.05, 4.69) is 30.7 Å². The molecule has 0 atom stereocenters. The number of hydrogen-bond acceptors (Lipinski definition) is 4. The van der Waals surface area contributed by atoms with Crippen LogP contribution in [0.25, 0.3) is 0 Å².